The molecule has 0 spiro atoms. The van der Waals surface area contributed by atoms with E-state index in [0.29, 0.717) is 24.8 Å². The summed E-state index contributed by atoms with van der Waals surface area (Å²) in [5, 5.41) is 24.5. The Kier molecular flexibility index (Phi) is 13.3. The number of fused-ring (bicyclic) bond motifs is 2. The molecular weight excluding hydrogens is 548 g/mol. The average molecular weight is 593 g/mol. The second-order valence-electron chi connectivity index (χ2n) is 10.8. The number of Topliss-reactive ketones (excluding diaryl/α,β-unsaturated/α-hetero) is 2. The molecule has 0 aromatic heterocycles. The van der Waals surface area contributed by atoms with Crippen LogP contribution in [0.15, 0.2) is 46.1 Å². The summed E-state index contributed by atoms with van der Waals surface area (Å²) in [4.78, 5) is 52.3. The maximum atomic E-state index is 13.7. The lowest BCUT2D eigenvalue weighted by atomic mass is 9.85. The molecule has 1 aliphatic carbocycles. The van der Waals surface area contributed by atoms with Gasteiger partial charge in [-0.05, 0) is 51.0 Å². The van der Waals surface area contributed by atoms with Crippen molar-refractivity contribution in [1.29, 1.82) is 0 Å². The second kappa shape index (κ2) is 15.9. The van der Waals surface area contributed by atoms with E-state index in [4.69, 9.17) is 24.7 Å². The zero-order chi connectivity index (χ0) is 31.7. The van der Waals surface area contributed by atoms with Gasteiger partial charge in [-0.3, -0.25) is 19.2 Å². The molecule has 12 heteroatoms. The molecule has 234 valence electrons. The molecule has 1 aliphatic heterocycles. The Labute approximate surface area is 246 Å². The van der Waals surface area contributed by atoms with Crippen molar-refractivity contribution in [2.45, 2.75) is 77.8 Å². The van der Waals surface area contributed by atoms with Crippen LogP contribution in [0.25, 0.3) is 0 Å². The van der Waals surface area contributed by atoms with Gasteiger partial charge in [-0.1, -0.05) is 26.0 Å². The molecule has 0 fully saturated rings. The summed E-state index contributed by atoms with van der Waals surface area (Å²) in [6.07, 6.45) is 1.24. The Bertz CT molecular complexity index is 1170. The molecule has 0 saturated heterocycles. The molecule has 2 bridgehead atoms. The first-order valence-corrected chi connectivity index (χ1v) is 13.9. The summed E-state index contributed by atoms with van der Waals surface area (Å²) < 4.78 is 21.5. The molecule has 12 nitrogen and oxygen atoms in total. The molecule has 42 heavy (non-hydrogen) atoms. The number of nitrogens with two attached hydrogens (primary N) is 1. The minimum absolute atomic E-state index is 0.0170. The van der Waals surface area contributed by atoms with Crippen LogP contribution in [-0.4, -0.2) is 85.9 Å². The number of carbonyl (C=O) groups is 4. The number of aliphatic hydroxyl groups is 2. The van der Waals surface area contributed by atoms with Crippen molar-refractivity contribution in [2.75, 3.05) is 27.9 Å². The van der Waals surface area contributed by atoms with Crippen molar-refractivity contribution < 1.29 is 48.3 Å². The summed E-state index contributed by atoms with van der Waals surface area (Å²) in [7, 11) is 4.15. The van der Waals surface area contributed by atoms with E-state index in [1.54, 1.807) is 26.0 Å². The number of ketones is 2. The van der Waals surface area contributed by atoms with Crippen molar-refractivity contribution in [2.24, 2.45) is 17.6 Å². The van der Waals surface area contributed by atoms with Crippen LogP contribution in [0.5, 0.6) is 0 Å². The number of allylic oxidation sites excluding steroid dienone is 2. The molecule has 0 radical (unpaired) electrons. The first-order valence-electron chi connectivity index (χ1n) is 13.9. The lowest BCUT2D eigenvalue weighted by Gasteiger charge is -2.29. The second-order valence-corrected chi connectivity index (χ2v) is 10.8. The largest absolute Gasteiger partial charge is 0.492 e. The minimum atomic E-state index is -0.984. The van der Waals surface area contributed by atoms with Gasteiger partial charge in [-0.2, -0.15) is 0 Å². The van der Waals surface area contributed by atoms with Gasteiger partial charge in [-0.15, -0.1) is 0 Å². The lowest BCUT2D eigenvalue weighted by Crippen LogP contribution is -2.38. The number of amides is 1. The molecule has 1 heterocycles. The van der Waals surface area contributed by atoms with E-state index >= 15 is 0 Å². The van der Waals surface area contributed by atoms with Gasteiger partial charge in [0.1, 0.15) is 11.8 Å². The molecule has 1 amide bonds. The van der Waals surface area contributed by atoms with Crippen LogP contribution in [0.2, 0.25) is 0 Å². The first-order chi connectivity index (χ1) is 19.8. The highest BCUT2D eigenvalue weighted by atomic mass is 16.5. The number of ether oxygens (including phenoxy) is 4. The molecule has 5 N–H and O–H groups in total. The van der Waals surface area contributed by atoms with Gasteiger partial charge in [0, 0.05) is 31.3 Å². The Balaban J connectivity index is 2.63. The van der Waals surface area contributed by atoms with Crippen molar-refractivity contribution in [3.8, 4) is 0 Å². The maximum Gasteiger partial charge on any atom is 0.325 e. The Morgan fingerprint density at radius 2 is 1.67 bits per heavy atom. The van der Waals surface area contributed by atoms with E-state index in [1.165, 1.54) is 28.3 Å². The van der Waals surface area contributed by atoms with Gasteiger partial charge in [0.2, 0.25) is 11.5 Å². The third kappa shape index (κ3) is 8.45. The molecule has 0 aromatic rings. The Hall–Kier alpha value is -3.16. The molecule has 0 unspecified atom stereocenters. The van der Waals surface area contributed by atoms with E-state index in [1.807, 2.05) is 6.92 Å². The van der Waals surface area contributed by atoms with Crippen LogP contribution in [0.1, 0.15) is 53.4 Å². The van der Waals surface area contributed by atoms with Crippen molar-refractivity contribution >= 4 is 23.4 Å². The quantitative estimate of drug-likeness (QED) is 0.205. The van der Waals surface area contributed by atoms with Crippen LogP contribution < -0.4 is 11.1 Å². The van der Waals surface area contributed by atoms with Crippen molar-refractivity contribution in [1.82, 2.24) is 5.32 Å². The highest BCUT2D eigenvalue weighted by Crippen LogP contribution is 2.32. The number of nitrogens with one attached hydrogen (secondary N) is 1. The predicted molar refractivity (Wildman–Crippen MR) is 152 cm³/mol. The maximum absolute atomic E-state index is 13.7. The van der Waals surface area contributed by atoms with Crippen LogP contribution in [-0.2, 0) is 38.1 Å². The van der Waals surface area contributed by atoms with Gasteiger partial charge in [0.25, 0.3) is 11.7 Å². The Morgan fingerprint density at radius 3 is 2.24 bits per heavy atom. The number of aliphatic hydroxyl groups excluding tert-OH is 2. The molecule has 6 atom stereocenters. The third-order valence-corrected chi connectivity index (χ3v) is 7.56. The van der Waals surface area contributed by atoms with E-state index in [-0.39, 0.29) is 29.2 Å². The SMILES string of the molecule is COC1=C2C[C@@H](C)C[C@H](OC)[C@H](O)[C@@H](C)/C=C(\C)[C@H](O)[C@@H](OC)CC/C=C(\C)C(=O)NC(=C(OC(=O)CN)C1=O)C2=O. The predicted octanol–water partition coefficient (Wildman–Crippen LogP) is 1.36. The standard InChI is InChI=1S/C30H44N2O10/c1-15-11-19-26(36)23(29(42-22(33)14-31)27(37)28(19)41-7)32-30(38)16(2)9-8-10-20(39-5)24(34)17(3)13-18(4)25(35)21(12-15)40-6/h9,13,15,18,20-21,24-25,34-35H,8,10-12,14,31H2,1-7H3,(H,32,38)/b16-9+,17-13+/t15-,18+,20+,21+,24+,25-/m1/s1. The van der Waals surface area contributed by atoms with Gasteiger partial charge >= 0.3 is 5.97 Å². The van der Waals surface area contributed by atoms with Crippen molar-refractivity contribution in [3.63, 3.8) is 0 Å². The van der Waals surface area contributed by atoms with Crippen LogP contribution in [0, 0.1) is 11.8 Å². The number of methoxy groups -OCH3 is 3. The number of carbonyl (C=O) groups excluding carboxylic acids is 4. The van der Waals surface area contributed by atoms with Gasteiger partial charge in [0.15, 0.2) is 5.76 Å². The number of rotatable bonds is 5. The fourth-order valence-corrected chi connectivity index (χ4v) is 5.10. The lowest BCUT2D eigenvalue weighted by molar-refractivity contribution is -0.141. The fourth-order valence-electron chi connectivity index (χ4n) is 5.10. The zero-order valence-corrected chi connectivity index (χ0v) is 25.4. The van der Waals surface area contributed by atoms with Gasteiger partial charge in [0.05, 0.1) is 32.0 Å². The zero-order valence-electron chi connectivity index (χ0n) is 25.4. The van der Waals surface area contributed by atoms with Crippen LogP contribution in [0.3, 0.4) is 0 Å². The molecular formula is C30H44N2O10. The van der Waals surface area contributed by atoms with E-state index in [9.17, 15) is 29.4 Å². The number of hydrogen-bond acceptors (Lipinski definition) is 11. The molecule has 0 aromatic carbocycles. The fraction of sp³-hybridized carbons (Fsp3) is 0.600. The topological polar surface area (TPSA) is 184 Å². The van der Waals surface area contributed by atoms with Gasteiger partial charge in [-0.25, -0.2) is 0 Å². The normalized spacial score (nSPS) is 31.6. The number of hydrogen-bond donors (Lipinski definition) is 4. The van der Waals surface area contributed by atoms with Crippen molar-refractivity contribution in [3.05, 3.63) is 46.1 Å². The van der Waals surface area contributed by atoms with E-state index < -0.39 is 71.8 Å². The summed E-state index contributed by atoms with van der Waals surface area (Å²) in [6.45, 7) is 6.33. The van der Waals surface area contributed by atoms with Crippen LogP contribution >= 0.6 is 0 Å². The summed E-state index contributed by atoms with van der Waals surface area (Å²) in [5.41, 5.74) is 5.68. The smallest absolute Gasteiger partial charge is 0.325 e. The monoisotopic (exact) mass is 592 g/mol. The molecule has 2 rings (SSSR count). The van der Waals surface area contributed by atoms with E-state index in [2.05, 4.69) is 5.32 Å². The number of esters is 1. The first kappa shape index (κ1) is 35.0. The molecule has 2 aliphatic rings. The highest BCUT2D eigenvalue weighted by molar-refractivity contribution is 6.25. The minimum Gasteiger partial charge on any atom is -0.492 e. The summed E-state index contributed by atoms with van der Waals surface area (Å²) in [5.74, 6) is -5.03. The third-order valence-electron chi connectivity index (χ3n) is 7.56. The summed E-state index contributed by atoms with van der Waals surface area (Å²) in [6, 6.07) is 0. The molecule has 0 saturated carbocycles. The Morgan fingerprint density at radius 1 is 1.02 bits per heavy atom. The van der Waals surface area contributed by atoms with E-state index in [0.717, 1.165) is 0 Å². The summed E-state index contributed by atoms with van der Waals surface area (Å²) >= 11 is 0. The highest BCUT2D eigenvalue weighted by Gasteiger charge is 2.40. The average Bonchev–Trinajstić information content (AvgIpc) is 2.96. The van der Waals surface area contributed by atoms with Crippen LogP contribution in [0.4, 0.5) is 0 Å². The van der Waals surface area contributed by atoms with Gasteiger partial charge < -0.3 is 40.2 Å².